The van der Waals surface area contributed by atoms with Crippen LogP contribution in [-0.2, 0) is 0 Å². The monoisotopic (exact) mass is 343 g/mol. The molecule has 0 bridgehead atoms. The van der Waals surface area contributed by atoms with Gasteiger partial charge in [0.1, 0.15) is 0 Å². The van der Waals surface area contributed by atoms with E-state index in [1.54, 1.807) is 24.3 Å². The predicted molar refractivity (Wildman–Crippen MR) is 100 cm³/mol. The molecule has 6 heteroatoms. The minimum absolute atomic E-state index is 0.299. The number of anilines is 2. The van der Waals surface area contributed by atoms with Crippen molar-refractivity contribution in [1.29, 1.82) is 5.26 Å². The lowest BCUT2D eigenvalue weighted by Gasteiger charge is -2.20. The highest BCUT2D eigenvalue weighted by Crippen LogP contribution is 2.28. The molecule has 0 radical (unpaired) electrons. The van der Waals surface area contributed by atoms with Crippen LogP contribution >= 0.6 is 0 Å². The molecule has 1 aliphatic rings. The Morgan fingerprint density at radius 1 is 1.04 bits per heavy atom. The largest absolute Gasteiger partial charge is 0.354 e. The Bertz CT molecular complexity index is 1020. The zero-order valence-electron chi connectivity index (χ0n) is 14.1. The lowest BCUT2D eigenvalue weighted by atomic mass is 10.1. The molecule has 1 fully saturated rings. The second-order valence-corrected chi connectivity index (χ2v) is 6.23. The van der Waals surface area contributed by atoms with Crippen LogP contribution in [-0.4, -0.2) is 29.0 Å². The number of hydrogen-bond acceptors (Lipinski definition) is 5. The molecule has 1 aromatic heterocycles. The van der Waals surface area contributed by atoms with Gasteiger partial charge in [-0.05, 0) is 43.2 Å². The molecular weight excluding hydrogens is 326 g/mol. The van der Waals surface area contributed by atoms with Crippen molar-refractivity contribution in [2.45, 2.75) is 12.8 Å². The average Bonchev–Trinajstić information content (AvgIpc) is 3.22. The highest BCUT2D eigenvalue weighted by molar-refractivity contribution is 6.05. The molecule has 26 heavy (non-hydrogen) atoms. The van der Waals surface area contributed by atoms with E-state index in [0.29, 0.717) is 22.8 Å². The van der Waals surface area contributed by atoms with Gasteiger partial charge in [0.15, 0.2) is 11.6 Å². The predicted octanol–water partition coefficient (Wildman–Crippen LogP) is 3.35. The van der Waals surface area contributed by atoms with Gasteiger partial charge in [0, 0.05) is 18.7 Å². The second-order valence-electron chi connectivity index (χ2n) is 6.23. The fraction of sp³-hybridized carbons (Fsp3) is 0.200. The number of carbonyl (C=O) groups is 1. The third-order valence-electron chi connectivity index (χ3n) is 4.44. The van der Waals surface area contributed by atoms with Crippen molar-refractivity contribution in [3.63, 3.8) is 0 Å². The molecule has 0 spiro atoms. The molecule has 1 saturated heterocycles. The van der Waals surface area contributed by atoms with Gasteiger partial charge in [-0.15, -0.1) is 0 Å². The summed E-state index contributed by atoms with van der Waals surface area (Å²) in [6, 6.07) is 16.3. The van der Waals surface area contributed by atoms with Crippen molar-refractivity contribution >= 4 is 28.6 Å². The molecule has 1 aliphatic heterocycles. The number of rotatable bonds is 3. The average molecular weight is 343 g/mol. The summed E-state index contributed by atoms with van der Waals surface area (Å²) in [5.41, 5.74) is 2.41. The maximum absolute atomic E-state index is 12.7. The molecule has 1 N–H and O–H groups in total. The number of carbonyl (C=O) groups excluding carboxylic acids is 1. The highest BCUT2D eigenvalue weighted by Gasteiger charge is 2.21. The van der Waals surface area contributed by atoms with E-state index in [9.17, 15) is 4.79 Å². The number of nitriles is 1. The molecule has 128 valence electrons. The number of amides is 1. The summed E-state index contributed by atoms with van der Waals surface area (Å²) in [7, 11) is 0. The molecule has 3 aromatic rings. The smallest absolute Gasteiger partial charge is 0.256 e. The number of benzene rings is 2. The Morgan fingerprint density at radius 3 is 2.50 bits per heavy atom. The van der Waals surface area contributed by atoms with E-state index in [0.717, 1.165) is 37.0 Å². The molecule has 2 aromatic carbocycles. The molecule has 0 aliphatic carbocycles. The number of aromatic nitrogens is 2. The summed E-state index contributed by atoms with van der Waals surface area (Å²) in [4.78, 5) is 24.2. The molecular formula is C20H17N5O. The van der Waals surface area contributed by atoms with Gasteiger partial charge < -0.3 is 10.2 Å². The van der Waals surface area contributed by atoms with Crippen molar-refractivity contribution in [3.8, 4) is 6.07 Å². The van der Waals surface area contributed by atoms with Crippen molar-refractivity contribution in [3.05, 3.63) is 59.7 Å². The molecule has 0 unspecified atom stereocenters. The lowest BCUT2D eigenvalue weighted by Crippen LogP contribution is -2.23. The number of fused-ring (bicyclic) bond motifs is 1. The van der Waals surface area contributed by atoms with Crippen LogP contribution in [0.5, 0.6) is 0 Å². The third-order valence-corrected chi connectivity index (χ3v) is 4.44. The zero-order valence-corrected chi connectivity index (χ0v) is 14.1. The Morgan fingerprint density at radius 2 is 1.77 bits per heavy atom. The lowest BCUT2D eigenvalue weighted by molar-refractivity contribution is 0.102. The SMILES string of the molecule is N#Cc1cccc(C(=O)Nc2nc3ccccc3nc2N2CCCC2)c1. The molecule has 2 heterocycles. The first kappa shape index (κ1) is 16.0. The fourth-order valence-electron chi connectivity index (χ4n) is 3.13. The zero-order chi connectivity index (χ0) is 17.9. The first-order valence-electron chi connectivity index (χ1n) is 8.58. The molecule has 0 saturated carbocycles. The van der Waals surface area contributed by atoms with E-state index in [1.807, 2.05) is 24.3 Å². The van der Waals surface area contributed by atoms with Gasteiger partial charge in [-0.1, -0.05) is 18.2 Å². The van der Waals surface area contributed by atoms with E-state index in [4.69, 9.17) is 10.2 Å². The Labute approximate surface area is 151 Å². The minimum Gasteiger partial charge on any atom is -0.354 e. The van der Waals surface area contributed by atoms with Crippen molar-refractivity contribution in [2.24, 2.45) is 0 Å². The standard InChI is InChI=1S/C20H17N5O/c21-13-14-6-5-7-15(12-14)20(26)24-18-19(25-10-3-4-11-25)23-17-9-2-1-8-16(17)22-18/h1-2,5-9,12H,3-4,10-11H2,(H,22,24,26). The minimum atomic E-state index is -0.299. The molecule has 4 rings (SSSR count). The third kappa shape index (κ3) is 3.07. The Hall–Kier alpha value is -3.46. The molecule has 0 atom stereocenters. The first-order valence-corrected chi connectivity index (χ1v) is 8.58. The van der Waals surface area contributed by atoms with Crippen molar-refractivity contribution < 1.29 is 4.79 Å². The highest BCUT2D eigenvalue weighted by atomic mass is 16.1. The molecule has 6 nitrogen and oxygen atoms in total. The van der Waals surface area contributed by atoms with Crippen LogP contribution in [0.3, 0.4) is 0 Å². The molecule has 1 amide bonds. The van der Waals surface area contributed by atoms with Crippen LogP contribution in [0.2, 0.25) is 0 Å². The Kier molecular flexibility index (Phi) is 4.20. The number of hydrogen-bond donors (Lipinski definition) is 1. The van der Waals surface area contributed by atoms with Crippen LogP contribution < -0.4 is 10.2 Å². The van der Waals surface area contributed by atoms with Crippen LogP contribution in [0.1, 0.15) is 28.8 Å². The van der Waals surface area contributed by atoms with E-state index in [2.05, 4.69) is 21.3 Å². The van der Waals surface area contributed by atoms with Gasteiger partial charge in [-0.3, -0.25) is 4.79 Å². The first-order chi connectivity index (χ1) is 12.7. The number of nitrogens with one attached hydrogen (secondary N) is 1. The van der Waals surface area contributed by atoms with Crippen molar-refractivity contribution in [2.75, 3.05) is 23.3 Å². The van der Waals surface area contributed by atoms with Crippen LogP contribution in [0, 0.1) is 11.3 Å². The maximum Gasteiger partial charge on any atom is 0.256 e. The maximum atomic E-state index is 12.7. The van der Waals surface area contributed by atoms with E-state index >= 15 is 0 Å². The van der Waals surface area contributed by atoms with E-state index in [-0.39, 0.29) is 5.91 Å². The van der Waals surface area contributed by atoms with Crippen LogP contribution in [0.25, 0.3) is 11.0 Å². The van der Waals surface area contributed by atoms with Gasteiger partial charge in [0.2, 0.25) is 0 Å². The summed E-state index contributed by atoms with van der Waals surface area (Å²) < 4.78 is 0. The van der Waals surface area contributed by atoms with Gasteiger partial charge in [-0.25, -0.2) is 9.97 Å². The summed E-state index contributed by atoms with van der Waals surface area (Å²) in [5.74, 6) is 0.857. The topological polar surface area (TPSA) is 81.9 Å². The van der Waals surface area contributed by atoms with E-state index < -0.39 is 0 Å². The van der Waals surface area contributed by atoms with E-state index in [1.165, 1.54) is 0 Å². The number of nitrogens with zero attached hydrogens (tertiary/aromatic N) is 4. The number of para-hydroxylation sites is 2. The quantitative estimate of drug-likeness (QED) is 0.788. The van der Waals surface area contributed by atoms with Crippen LogP contribution in [0.4, 0.5) is 11.6 Å². The van der Waals surface area contributed by atoms with Gasteiger partial charge in [0.25, 0.3) is 5.91 Å². The van der Waals surface area contributed by atoms with Gasteiger partial charge in [-0.2, -0.15) is 5.26 Å². The van der Waals surface area contributed by atoms with Gasteiger partial charge in [0.05, 0.1) is 22.7 Å². The van der Waals surface area contributed by atoms with Crippen LogP contribution in [0.15, 0.2) is 48.5 Å². The normalized spacial score (nSPS) is 13.6. The Balaban J connectivity index is 1.73. The fourth-order valence-corrected chi connectivity index (χ4v) is 3.13. The summed E-state index contributed by atoms with van der Waals surface area (Å²) in [6.45, 7) is 1.81. The van der Waals surface area contributed by atoms with Gasteiger partial charge >= 0.3 is 0 Å². The summed E-state index contributed by atoms with van der Waals surface area (Å²) >= 11 is 0. The second kappa shape index (κ2) is 6.81. The summed E-state index contributed by atoms with van der Waals surface area (Å²) in [6.07, 6.45) is 2.21. The summed E-state index contributed by atoms with van der Waals surface area (Å²) in [5, 5.41) is 11.9. The van der Waals surface area contributed by atoms with Crippen molar-refractivity contribution in [1.82, 2.24) is 9.97 Å².